The first-order chi connectivity index (χ1) is 12.6. The summed E-state index contributed by atoms with van der Waals surface area (Å²) in [5, 5.41) is 7.57. The Morgan fingerprint density at radius 1 is 0.885 bits per heavy atom. The summed E-state index contributed by atoms with van der Waals surface area (Å²) in [6.45, 7) is 1.67. The lowest BCUT2D eigenvalue weighted by Crippen LogP contribution is -2.26. The van der Waals surface area contributed by atoms with Crippen LogP contribution < -0.4 is 5.32 Å². The van der Waals surface area contributed by atoms with Crippen molar-refractivity contribution in [1.82, 2.24) is 9.78 Å². The van der Waals surface area contributed by atoms with Crippen molar-refractivity contribution in [3.05, 3.63) is 83.2 Å². The lowest BCUT2D eigenvalue weighted by atomic mass is 9.89. The molecule has 0 unspecified atom stereocenters. The smallest absolute Gasteiger partial charge is 0.214 e. The van der Waals surface area contributed by atoms with Crippen LogP contribution in [-0.4, -0.2) is 21.3 Å². The number of nitrogens with zero attached hydrogens (tertiary/aromatic N) is 2. The summed E-state index contributed by atoms with van der Waals surface area (Å²) in [4.78, 5) is 26.2. The molecule has 0 atom stereocenters. The maximum Gasteiger partial charge on any atom is 0.214 e. The van der Waals surface area contributed by atoms with E-state index in [9.17, 15) is 9.59 Å². The zero-order valence-electron chi connectivity index (χ0n) is 14.5. The molecule has 5 nitrogen and oxygen atoms in total. The minimum absolute atomic E-state index is 0.185. The second-order valence-electron chi connectivity index (χ2n) is 6.21. The highest BCUT2D eigenvalue weighted by molar-refractivity contribution is 6.28. The van der Waals surface area contributed by atoms with E-state index >= 15 is 0 Å². The summed E-state index contributed by atoms with van der Waals surface area (Å²) in [7, 11) is 1.69. The zero-order valence-corrected chi connectivity index (χ0v) is 14.5. The molecule has 1 aliphatic rings. The number of carbonyl (C=O) groups is 2. The van der Waals surface area contributed by atoms with Gasteiger partial charge >= 0.3 is 0 Å². The Morgan fingerprint density at radius 3 is 2.15 bits per heavy atom. The molecule has 1 N–H and O–H groups in total. The predicted molar refractivity (Wildman–Crippen MR) is 100 cm³/mol. The lowest BCUT2D eigenvalue weighted by molar-refractivity contribution is 0.0971. The first kappa shape index (κ1) is 16.0. The van der Waals surface area contributed by atoms with Gasteiger partial charge in [-0.25, -0.2) is 0 Å². The number of benzene rings is 2. The van der Waals surface area contributed by atoms with Gasteiger partial charge in [-0.05, 0) is 19.1 Å². The Balaban J connectivity index is 1.86. The molecule has 0 amide bonds. The minimum atomic E-state index is -0.215. The van der Waals surface area contributed by atoms with Crippen molar-refractivity contribution in [2.24, 2.45) is 7.05 Å². The Hall–Kier alpha value is -3.47. The van der Waals surface area contributed by atoms with Crippen LogP contribution in [0.5, 0.6) is 0 Å². The number of hydrogen-bond acceptors (Lipinski definition) is 4. The molecular weight excluding hydrogens is 326 g/mol. The number of rotatable bonds is 3. The van der Waals surface area contributed by atoms with E-state index in [0.717, 1.165) is 11.3 Å². The van der Waals surface area contributed by atoms with E-state index in [1.54, 1.807) is 14.0 Å². The van der Waals surface area contributed by atoms with Crippen LogP contribution in [0.1, 0.15) is 27.8 Å². The standard InChI is InChI=1S/C21H17N3O2/c1-13-17(22-15-11-7-4-8-12-15)21(26)16-18(14-9-5-3-6-10-14)23-24(2)19(16)20(13)25/h3-12,22H,1-2H3. The van der Waals surface area contributed by atoms with Gasteiger partial charge in [0.15, 0.2) is 0 Å². The Morgan fingerprint density at radius 2 is 1.50 bits per heavy atom. The molecule has 0 radical (unpaired) electrons. The average Bonchev–Trinajstić information content (AvgIpc) is 3.02. The van der Waals surface area contributed by atoms with Crippen LogP contribution in [0.4, 0.5) is 5.69 Å². The van der Waals surface area contributed by atoms with Gasteiger partial charge in [0.05, 0.1) is 11.3 Å². The van der Waals surface area contributed by atoms with Gasteiger partial charge in [0, 0.05) is 23.9 Å². The number of ketones is 2. The van der Waals surface area contributed by atoms with Crippen molar-refractivity contribution in [3.8, 4) is 11.3 Å². The fraction of sp³-hybridized carbons (Fsp3) is 0.0952. The van der Waals surface area contributed by atoms with E-state index in [-0.39, 0.29) is 11.6 Å². The summed E-state index contributed by atoms with van der Waals surface area (Å²) in [6.07, 6.45) is 0. The number of para-hydroxylation sites is 1. The fourth-order valence-electron chi connectivity index (χ4n) is 3.20. The third-order valence-electron chi connectivity index (χ3n) is 4.52. The number of fused-ring (bicyclic) bond motifs is 1. The van der Waals surface area contributed by atoms with Crippen molar-refractivity contribution in [2.45, 2.75) is 6.92 Å². The number of aryl methyl sites for hydroxylation is 1. The monoisotopic (exact) mass is 343 g/mol. The summed E-state index contributed by atoms with van der Waals surface area (Å²) in [6, 6.07) is 18.8. The molecule has 2 aromatic carbocycles. The number of nitrogens with one attached hydrogen (secondary N) is 1. The summed E-state index contributed by atoms with van der Waals surface area (Å²) in [5.74, 6) is -0.400. The molecule has 0 aliphatic heterocycles. The molecule has 0 saturated heterocycles. The van der Waals surface area contributed by atoms with Crippen LogP contribution in [0.2, 0.25) is 0 Å². The van der Waals surface area contributed by atoms with E-state index in [0.29, 0.717) is 28.2 Å². The van der Waals surface area contributed by atoms with Gasteiger partial charge in [-0.2, -0.15) is 5.10 Å². The number of allylic oxidation sites excluding steroid dienone is 2. The van der Waals surface area contributed by atoms with Gasteiger partial charge in [-0.3, -0.25) is 14.3 Å². The molecule has 0 spiro atoms. The summed E-state index contributed by atoms with van der Waals surface area (Å²) in [5.41, 5.74) is 3.49. The molecule has 0 bridgehead atoms. The van der Waals surface area contributed by atoms with Crippen molar-refractivity contribution >= 4 is 17.3 Å². The number of anilines is 1. The van der Waals surface area contributed by atoms with Gasteiger partial charge in [0.2, 0.25) is 11.6 Å². The van der Waals surface area contributed by atoms with Crippen LogP contribution in [0.3, 0.4) is 0 Å². The van der Waals surface area contributed by atoms with E-state index < -0.39 is 0 Å². The predicted octanol–water partition coefficient (Wildman–Crippen LogP) is 3.85. The number of carbonyl (C=O) groups excluding carboxylic acids is 2. The van der Waals surface area contributed by atoms with Crippen molar-refractivity contribution in [1.29, 1.82) is 0 Å². The van der Waals surface area contributed by atoms with Crippen molar-refractivity contribution in [2.75, 3.05) is 5.32 Å². The second-order valence-corrected chi connectivity index (χ2v) is 6.21. The van der Waals surface area contributed by atoms with E-state index in [4.69, 9.17) is 0 Å². The Labute approximate surface area is 151 Å². The SMILES string of the molecule is CC1=C(Nc2ccccc2)C(=O)c2c(-c3ccccc3)nn(C)c2C1=O. The average molecular weight is 343 g/mol. The maximum atomic E-state index is 13.3. The van der Waals surface area contributed by atoms with Crippen molar-refractivity contribution in [3.63, 3.8) is 0 Å². The van der Waals surface area contributed by atoms with Crippen LogP contribution in [-0.2, 0) is 7.05 Å². The maximum absolute atomic E-state index is 13.3. The van der Waals surface area contributed by atoms with Gasteiger partial charge in [-0.1, -0.05) is 48.5 Å². The summed E-state index contributed by atoms with van der Waals surface area (Å²) < 4.78 is 1.50. The van der Waals surface area contributed by atoms with Gasteiger partial charge in [0.25, 0.3) is 0 Å². The molecule has 26 heavy (non-hydrogen) atoms. The third kappa shape index (κ3) is 2.45. The molecular formula is C21H17N3O2. The third-order valence-corrected chi connectivity index (χ3v) is 4.52. The topological polar surface area (TPSA) is 64.0 Å². The molecule has 1 aliphatic carbocycles. The number of Topliss-reactive ketones (excluding diaryl/α,β-unsaturated/α-hetero) is 2. The Kier molecular flexibility index (Phi) is 3.77. The Bertz CT molecular complexity index is 1050. The molecule has 0 fully saturated rings. The summed E-state index contributed by atoms with van der Waals surface area (Å²) >= 11 is 0. The van der Waals surface area contributed by atoms with E-state index in [2.05, 4.69) is 10.4 Å². The lowest BCUT2D eigenvalue weighted by Gasteiger charge is -2.19. The molecule has 5 heteroatoms. The highest BCUT2D eigenvalue weighted by Crippen LogP contribution is 2.33. The molecule has 1 heterocycles. The number of hydrogen-bond donors (Lipinski definition) is 1. The second kappa shape index (κ2) is 6.11. The highest BCUT2D eigenvalue weighted by Gasteiger charge is 2.36. The van der Waals surface area contributed by atoms with Gasteiger partial charge < -0.3 is 5.32 Å². The van der Waals surface area contributed by atoms with E-state index in [1.165, 1.54) is 4.68 Å². The van der Waals surface area contributed by atoms with Gasteiger partial charge in [0.1, 0.15) is 11.4 Å². The van der Waals surface area contributed by atoms with Crippen LogP contribution in [0.15, 0.2) is 71.9 Å². The molecule has 3 aromatic rings. The zero-order chi connectivity index (χ0) is 18.3. The van der Waals surface area contributed by atoms with Crippen LogP contribution in [0, 0.1) is 0 Å². The molecule has 0 saturated carbocycles. The first-order valence-electron chi connectivity index (χ1n) is 8.32. The van der Waals surface area contributed by atoms with Crippen LogP contribution >= 0.6 is 0 Å². The molecule has 1 aromatic heterocycles. The van der Waals surface area contributed by atoms with Crippen molar-refractivity contribution < 1.29 is 9.59 Å². The molecule has 4 rings (SSSR count). The molecule has 128 valence electrons. The largest absolute Gasteiger partial charge is 0.352 e. The van der Waals surface area contributed by atoms with E-state index in [1.807, 2.05) is 60.7 Å². The minimum Gasteiger partial charge on any atom is -0.352 e. The van der Waals surface area contributed by atoms with Gasteiger partial charge in [-0.15, -0.1) is 0 Å². The first-order valence-corrected chi connectivity index (χ1v) is 8.32. The quantitative estimate of drug-likeness (QED) is 0.784. The highest BCUT2D eigenvalue weighted by atomic mass is 16.1. The normalized spacial score (nSPS) is 13.8. The number of aromatic nitrogens is 2. The fourth-order valence-corrected chi connectivity index (χ4v) is 3.20. The van der Waals surface area contributed by atoms with Crippen LogP contribution in [0.25, 0.3) is 11.3 Å².